The first-order valence-electron chi connectivity index (χ1n) is 5.84. The van der Waals surface area contributed by atoms with Gasteiger partial charge in [0.1, 0.15) is 0 Å². The highest BCUT2D eigenvalue weighted by Crippen LogP contribution is 2.25. The Kier molecular flexibility index (Phi) is 4.29. The van der Waals surface area contributed by atoms with Crippen molar-refractivity contribution < 1.29 is 9.90 Å². The van der Waals surface area contributed by atoms with Crippen LogP contribution < -0.4 is 0 Å². The van der Waals surface area contributed by atoms with Gasteiger partial charge in [-0.1, -0.05) is 20.8 Å². The van der Waals surface area contributed by atoms with Crippen LogP contribution in [0.15, 0.2) is 0 Å². The minimum Gasteiger partial charge on any atom is -0.390 e. The van der Waals surface area contributed by atoms with Crippen molar-refractivity contribution in [1.82, 2.24) is 4.90 Å². The number of aliphatic hydroxyl groups is 1. The third-order valence-electron chi connectivity index (χ3n) is 2.82. The molecule has 0 aromatic rings. The van der Waals surface area contributed by atoms with Gasteiger partial charge in [0.05, 0.1) is 11.4 Å². The van der Waals surface area contributed by atoms with E-state index in [1.54, 1.807) is 11.8 Å². The van der Waals surface area contributed by atoms with Crippen molar-refractivity contribution in [2.24, 2.45) is 0 Å². The van der Waals surface area contributed by atoms with E-state index in [1.807, 2.05) is 11.8 Å². The SMILES string of the molecule is CC1(O)CCN(C(=O)CSC(C)(C)C)CC1. The second-order valence-corrected chi connectivity index (χ2v) is 7.58. The number of carbonyl (C=O) groups excluding carboxylic acids is 1. The molecular formula is C12H23NO2S. The predicted molar refractivity (Wildman–Crippen MR) is 68.6 cm³/mol. The fourth-order valence-corrected chi connectivity index (χ4v) is 2.35. The normalized spacial score (nSPS) is 20.9. The van der Waals surface area contributed by atoms with E-state index < -0.39 is 5.60 Å². The number of rotatable bonds is 2. The molecule has 1 heterocycles. The molecule has 1 amide bonds. The van der Waals surface area contributed by atoms with Gasteiger partial charge in [0.15, 0.2) is 0 Å². The smallest absolute Gasteiger partial charge is 0.232 e. The van der Waals surface area contributed by atoms with E-state index in [-0.39, 0.29) is 10.7 Å². The molecule has 1 N–H and O–H groups in total. The molecule has 0 atom stereocenters. The molecule has 0 aliphatic carbocycles. The summed E-state index contributed by atoms with van der Waals surface area (Å²) in [4.78, 5) is 13.8. The first kappa shape index (κ1) is 13.8. The van der Waals surface area contributed by atoms with Crippen LogP contribution in [0.5, 0.6) is 0 Å². The highest BCUT2D eigenvalue weighted by molar-refractivity contribution is 8.01. The van der Waals surface area contributed by atoms with E-state index in [2.05, 4.69) is 20.8 Å². The zero-order valence-corrected chi connectivity index (χ0v) is 11.6. The lowest BCUT2D eigenvalue weighted by Crippen LogP contribution is -2.45. The molecule has 0 aromatic carbocycles. The molecule has 0 bridgehead atoms. The van der Waals surface area contributed by atoms with Crippen LogP contribution in [0.25, 0.3) is 0 Å². The third kappa shape index (κ3) is 4.74. The van der Waals surface area contributed by atoms with E-state index in [9.17, 15) is 9.90 Å². The number of piperidine rings is 1. The first-order chi connectivity index (χ1) is 7.20. The molecule has 0 radical (unpaired) electrons. The maximum Gasteiger partial charge on any atom is 0.232 e. The fraction of sp³-hybridized carbons (Fsp3) is 0.917. The molecule has 94 valence electrons. The lowest BCUT2D eigenvalue weighted by atomic mass is 9.94. The van der Waals surface area contributed by atoms with Gasteiger partial charge in [0, 0.05) is 17.8 Å². The second kappa shape index (κ2) is 4.96. The van der Waals surface area contributed by atoms with Crippen LogP contribution in [0.4, 0.5) is 0 Å². The van der Waals surface area contributed by atoms with Crippen molar-refractivity contribution in [2.45, 2.75) is 50.9 Å². The Morgan fingerprint density at radius 2 is 1.88 bits per heavy atom. The van der Waals surface area contributed by atoms with Crippen LogP contribution in [0.1, 0.15) is 40.5 Å². The lowest BCUT2D eigenvalue weighted by Gasteiger charge is -2.36. The maximum absolute atomic E-state index is 11.9. The highest BCUT2D eigenvalue weighted by Gasteiger charge is 2.29. The van der Waals surface area contributed by atoms with Gasteiger partial charge in [0.2, 0.25) is 5.91 Å². The Labute approximate surface area is 103 Å². The van der Waals surface area contributed by atoms with Gasteiger partial charge in [-0.3, -0.25) is 4.79 Å². The highest BCUT2D eigenvalue weighted by atomic mass is 32.2. The summed E-state index contributed by atoms with van der Waals surface area (Å²) in [6, 6.07) is 0. The fourth-order valence-electron chi connectivity index (χ4n) is 1.61. The van der Waals surface area contributed by atoms with Gasteiger partial charge < -0.3 is 10.0 Å². The van der Waals surface area contributed by atoms with Crippen molar-refractivity contribution in [1.29, 1.82) is 0 Å². The molecule has 1 fully saturated rings. The zero-order valence-electron chi connectivity index (χ0n) is 10.7. The van der Waals surface area contributed by atoms with Crippen molar-refractivity contribution >= 4 is 17.7 Å². The van der Waals surface area contributed by atoms with E-state index in [4.69, 9.17) is 0 Å². The van der Waals surface area contributed by atoms with Crippen LogP contribution in [-0.2, 0) is 4.79 Å². The number of nitrogens with zero attached hydrogens (tertiary/aromatic N) is 1. The van der Waals surface area contributed by atoms with Gasteiger partial charge in [-0.25, -0.2) is 0 Å². The molecule has 3 nitrogen and oxygen atoms in total. The molecule has 1 rings (SSSR count). The minimum atomic E-state index is -0.575. The second-order valence-electron chi connectivity index (χ2n) is 5.78. The number of likely N-dealkylation sites (tertiary alicyclic amines) is 1. The molecule has 0 aromatic heterocycles. The van der Waals surface area contributed by atoms with Gasteiger partial charge in [-0.05, 0) is 19.8 Å². The summed E-state index contributed by atoms with van der Waals surface area (Å²) in [5, 5.41) is 9.79. The number of amides is 1. The summed E-state index contributed by atoms with van der Waals surface area (Å²) in [5.74, 6) is 0.751. The monoisotopic (exact) mass is 245 g/mol. The van der Waals surface area contributed by atoms with Crippen LogP contribution in [0.3, 0.4) is 0 Å². The van der Waals surface area contributed by atoms with Gasteiger partial charge in [0.25, 0.3) is 0 Å². The molecule has 1 saturated heterocycles. The van der Waals surface area contributed by atoms with Crippen LogP contribution in [0, 0.1) is 0 Å². The van der Waals surface area contributed by atoms with Crippen LogP contribution >= 0.6 is 11.8 Å². The largest absolute Gasteiger partial charge is 0.390 e. The average molecular weight is 245 g/mol. The molecule has 4 heteroatoms. The summed E-state index contributed by atoms with van der Waals surface area (Å²) >= 11 is 1.68. The number of thioether (sulfide) groups is 1. The van der Waals surface area contributed by atoms with Crippen molar-refractivity contribution in [3.05, 3.63) is 0 Å². The Morgan fingerprint density at radius 1 is 1.38 bits per heavy atom. The molecule has 1 aliphatic rings. The summed E-state index contributed by atoms with van der Waals surface area (Å²) < 4.78 is 0.136. The van der Waals surface area contributed by atoms with E-state index in [0.29, 0.717) is 31.7 Å². The summed E-state index contributed by atoms with van der Waals surface area (Å²) in [7, 11) is 0. The van der Waals surface area contributed by atoms with Crippen molar-refractivity contribution in [2.75, 3.05) is 18.8 Å². The molecule has 0 unspecified atom stereocenters. The van der Waals surface area contributed by atoms with Crippen molar-refractivity contribution in [3.63, 3.8) is 0 Å². The number of hydrogen-bond acceptors (Lipinski definition) is 3. The zero-order chi connectivity index (χ0) is 12.4. The van der Waals surface area contributed by atoms with Crippen LogP contribution in [0.2, 0.25) is 0 Å². The third-order valence-corrected chi connectivity index (χ3v) is 4.08. The van der Waals surface area contributed by atoms with Gasteiger partial charge in [-0.15, -0.1) is 11.8 Å². The quantitative estimate of drug-likeness (QED) is 0.807. The van der Waals surface area contributed by atoms with E-state index in [0.717, 1.165) is 0 Å². The Balaban J connectivity index is 2.34. The standard InChI is InChI=1S/C12H23NO2S/c1-11(2,3)16-9-10(14)13-7-5-12(4,15)6-8-13/h15H,5-9H2,1-4H3. The summed E-state index contributed by atoms with van der Waals surface area (Å²) in [6.45, 7) is 9.58. The minimum absolute atomic E-state index is 0.136. The van der Waals surface area contributed by atoms with Gasteiger partial charge >= 0.3 is 0 Å². The van der Waals surface area contributed by atoms with Crippen molar-refractivity contribution in [3.8, 4) is 0 Å². The van der Waals surface area contributed by atoms with E-state index in [1.165, 1.54) is 0 Å². The topological polar surface area (TPSA) is 40.5 Å². The van der Waals surface area contributed by atoms with Crippen LogP contribution in [-0.4, -0.2) is 45.1 Å². The first-order valence-corrected chi connectivity index (χ1v) is 6.82. The average Bonchev–Trinajstić information content (AvgIpc) is 2.13. The molecule has 0 saturated carbocycles. The molecule has 1 aliphatic heterocycles. The Hall–Kier alpha value is -0.220. The molecule has 0 spiro atoms. The Bertz CT molecular complexity index is 248. The van der Waals surface area contributed by atoms with Gasteiger partial charge in [-0.2, -0.15) is 0 Å². The maximum atomic E-state index is 11.9. The van der Waals surface area contributed by atoms with E-state index >= 15 is 0 Å². The Morgan fingerprint density at radius 3 is 2.31 bits per heavy atom. The summed E-state index contributed by atoms with van der Waals surface area (Å²) in [6.07, 6.45) is 1.39. The number of carbonyl (C=O) groups is 1. The predicted octanol–water partition coefficient (Wildman–Crippen LogP) is 1.89. The molecule has 16 heavy (non-hydrogen) atoms. The molecular weight excluding hydrogens is 222 g/mol. The lowest BCUT2D eigenvalue weighted by molar-refractivity contribution is -0.132. The number of hydrogen-bond donors (Lipinski definition) is 1. The summed E-state index contributed by atoms with van der Waals surface area (Å²) in [5.41, 5.74) is -0.575.